The number of benzene rings is 1. The molecule has 0 aliphatic rings. The quantitative estimate of drug-likeness (QED) is 0.826. The zero-order valence-electron chi connectivity index (χ0n) is 11.5. The van der Waals surface area contributed by atoms with Crippen LogP contribution in [0.1, 0.15) is 12.0 Å². The van der Waals surface area contributed by atoms with Crippen LogP contribution in [0.15, 0.2) is 30.3 Å². The van der Waals surface area contributed by atoms with Crippen molar-refractivity contribution in [3.8, 4) is 0 Å². The standard InChI is InChI=1S/C14H22N2O2.ClH/c1-16(14(17)10-13(11-15)18-2)9-8-12-6-4-3-5-7-12;/h3-7,13H,8-11,15H2,1-2H3;1H. The van der Waals surface area contributed by atoms with E-state index in [9.17, 15) is 4.79 Å². The van der Waals surface area contributed by atoms with Gasteiger partial charge in [-0.1, -0.05) is 30.3 Å². The number of carbonyl (C=O) groups is 1. The highest BCUT2D eigenvalue weighted by Crippen LogP contribution is 2.03. The van der Waals surface area contributed by atoms with Crippen LogP contribution in [-0.4, -0.2) is 44.2 Å². The van der Waals surface area contributed by atoms with Crippen LogP contribution in [0.4, 0.5) is 0 Å². The lowest BCUT2D eigenvalue weighted by atomic mass is 10.1. The molecule has 0 bridgehead atoms. The number of hydrogen-bond acceptors (Lipinski definition) is 3. The molecule has 108 valence electrons. The Balaban J connectivity index is 0.00000324. The molecule has 0 fully saturated rings. The Kier molecular flexibility index (Phi) is 9.21. The summed E-state index contributed by atoms with van der Waals surface area (Å²) in [6, 6.07) is 10.1. The van der Waals surface area contributed by atoms with Crippen LogP contribution in [0.25, 0.3) is 0 Å². The molecule has 0 aliphatic carbocycles. The van der Waals surface area contributed by atoms with E-state index in [0.717, 1.165) is 6.42 Å². The van der Waals surface area contributed by atoms with E-state index >= 15 is 0 Å². The Morgan fingerprint density at radius 1 is 1.37 bits per heavy atom. The van der Waals surface area contributed by atoms with Crippen molar-refractivity contribution < 1.29 is 9.53 Å². The molecule has 1 atom stereocenters. The molecule has 19 heavy (non-hydrogen) atoms. The number of rotatable bonds is 7. The third kappa shape index (κ3) is 6.57. The van der Waals surface area contributed by atoms with Crippen LogP contribution in [0, 0.1) is 0 Å². The number of carbonyl (C=O) groups excluding carboxylic acids is 1. The molecule has 0 spiro atoms. The molecule has 0 aromatic heterocycles. The summed E-state index contributed by atoms with van der Waals surface area (Å²) < 4.78 is 5.11. The number of nitrogens with two attached hydrogens (primary N) is 1. The number of amides is 1. The van der Waals surface area contributed by atoms with E-state index in [0.29, 0.717) is 19.5 Å². The van der Waals surface area contributed by atoms with Gasteiger partial charge >= 0.3 is 0 Å². The van der Waals surface area contributed by atoms with Crippen LogP contribution in [0.3, 0.4) is 0 Å². The molecular formula is C14H23ClN2O2. The fourth-order valence-electron chi connectivity index (χ4n) is 1.68. The highest BCUT2D eigenvalue weighted by atomic mass is 35.5. The first-order valence-corrected chi connectivity index (χ1v) is 6.18. The smallest absolute Gasteiger partial charge is 0.224 e. The van der Waals surface area contributed by atoms with Gasteiger partial charge in [0, 0.05) is 27.2 Å². The highest BCUT2D eigenvalue weighted by molar-refractivity contribution is 5.85. The molecule has 0 heterocycles. The highest BCUT2D eigenvalue weighted by Gasteiger charge is 2.14. The largest absolute Gasteiger partial charge is 0.380 e. The van der Waals surface area contributed by atoms with Crippen LogP contribution in [0.2, 0.25) is 0 Å². The molecule has 1 amide bonds. The van der Waals surface area contributed by atoms with E-state index in [1.54, 1.807) is 12.0 Å². The van der Waals surface area contributed by atoms with Crippen LogP contribution in [-0.2, 0) is 16.0 Å². The molecule has 0 saturated carbocycles. The summed E-state index contributed by atoms with van der Waals surface area (Å²) in [6.07, 6.45) is 1.03. The van der Waals surface area contributed by atoms with Gasteiger partial charge in [-0.3, -0.25) is 4.79 Å². The number of methoxy groups -OCH3 is 1. The van der Waals surface area contributed by atoms with Crippen molar-refractivity contribution >= 4 is 18.3 Å². The van der Waals surface area contributed by atoms with E-state index in [4.69, 9.17) is 10.5 Å². The third-order valence-electron chi connectivity index (χ3n) is 3.00. The molecule has 1 aromatic carbocycles. The Labute approximate surface area is 121 Å². The van der Waals surface area contributed by atoms with Gasteiger partial charge in [-0.25, -0.2) is 0 Å². The summed E-state index contributed by atoms with van der Waals surface area (Å²) in [5, 5.41) is 0. The predicted octanol–water partition coefficient (Wildman–Crippen LogP) is 1.47. The van der Waals surface area contributed by atoms with E-state index < -0.39 is 0 Å². The van der Waals surface area contributed by atoms with Crippen molar-refractivity contribution in [3.05, 3.63) is 35.9 Å². The second-order valence-corrected chi connectivity index (χ2v) is 4.35. The first-order chi connectivity index (χ1) is 8.67. The lowest BCUT2D eigenvalue weighted by Crippen LogP contribution is -2.34. The average Bonchev–Trinajstić information content (AvgIpc) is 2.42. The van der Waals surface area contributed by atoms with Gasteiger partial charge in [-0.2, -0.15) is 0 Å². The molecular weight excluding hydrogens is 264 g/mol. The van der Waals surface area contributed by atoms with Gasteiger partial charge < -0.3 is 15.4 Å². The van der Waals surface area contributed by atoms with Crippen LogP contribution < -0.4 is 5.73 Å². The SMILES string of the molecule is COC(CN)CC(=O)N(C)CCc1ccccc1.Cl. The van der Waals surface area contributed by atoms with Gasteiger partial charge in [0.1, 0.15) is 0 Å². The summed E-state index contributed by atoms with van der Waals surface area (Å²) in [5.41, 5.74) is 6.74. The lowest BCUT2D eigenvalue weighted by Gasteiger charge is -2.20. The van der Waals surface area contributed by atoms with Crippen molar-refractivity contribution in [3.63, 3.8) is 0 Å². The number of nitrogens with zero attached hydrogens (tertiary/aromatic N) is 1. The summed E-state index contributed by atoms with van der Waals surface area (Å²) in [6.45, 7) is 1.08. The normalized spacial score (nSPS) is 11.5. The number of halogens is 1. The molecule has 1 rings (SSSR count). The lowest BCUT2D eigenvalue weighted by molar-refractivity contribution is -0.132. The zero-order valence-corrected chi connectivity index (χ0v) is 12.4. The summed E-state index contributed by atoms with van der Waals surface area (Å²) in [4.78, 5) is 13.6. The van der Waals surface area contributed by atoms with Crippen molar-refractivity contribution in [1.29, 1.82) is 0 Å². The zero-order chi connectivity index (χ0) is 13.4. The van der Waals surface area contributed by atoms with E-state index in [-0.39, 0.29) is 24.4 Å². The molecule has 1 unspecified atom stereocenters. The Bertz CT molecular complexity index is 356. The predicted molar refractivity (Wildman–Crippen MR) is 79.5 cm³/mol. The molecule has 4 nitrogen and oxygen atoms in total. The average molecular weight is 287 g/mol. The first-order valence-electron chi connectivity index (χ1n) is 6.18. The maximum Gasteiger partial charge on any atom is 0.224 e. The van der Waals surface area contributed by atoms with E-state index in [1.165, 1.54) is 5.56 Å². The molecule has 0 radical (unpaired) electrons. The fraction of sp³-hybridized carbons (Fsp3) is 0.500. The van der Waals surface area contributed by atoms with E-state index in [1.807, 2.05) is 25.2 Å². The number of hydrogen-bond donors (Lipinski definition) is 1. The van der Waals surface area contributed by atoms with Crippen LogP contribution >= 0.6 is 12.4 Å². The summed E-state index contributed by atoms with van der Waals surface area (Å²) >= 11 is 0. The first kappa shape index (κ1) is 17.9. The van der Waals surface area contributed by atoms with Gasteiger partial charge in [0.05, 0.1) is 12.5 Å². The Morgan fingerprint density at radius 2 is 2.00 bits per heavy atom. The minimum absolute atomic E-state index is 0. The molecule has 0 saturated heterocycles. The topological polar surface area (TPSA) is 55.6 Å². The van der Waals surface area contributed by atoms with Gasteiger partial charge in [-0.15, -0.1) is 12.4 Å². The maximum atomic E-state index is 11.9. The number of ether oxygens (including phenoxy) is 1. The van der Waals surface area contributed by atoms with Gasteiger partial charge in [0.25, 0.3) is 0 Å². The maximum absolute atomic E-state index is 11.9. The van der Waals surface area contributed by atoms with Crippen molar-refractivity contribution in [2.75, 3.05) is 27.2 Å². The summed E-state index contributed by atoms with van der Waals surface area (Å²) in [7, 11) is 3.39. The van der Waals surface area contributed by atoms with Gasteiger partial charge in [0.15, 0.2) is 0 Å². The van der Waals surface area contributed by atoms with Gasteiger partial charge in [0.2, 0.25) is 5.91 Å². The second kappa shape index (κ2) is 9.78. The molecule has 1 aromatic rings. The van der Waals surface area contributed by atoms with E-state index in [2.05, 4.69) is 12.1 Å². The minimum atomic E-state index is -0.184. The van der Waals surface area contributed by atoms with Crippen molar-refractivity contribution in [2.45, 2.75) is 18.9 Å². The Hall–Kier alpha value is -1.10. The monoisotopic (exact) mass is 286 g/mol. The second-order valence-electron chi connectivity index (χ2n) is 4.35. The minimum Gasteiger partial charge on any atom is -0.380 e. The van der Waals surface area contributed by atoms with Crippen molar-refractivity contribution in [2.24, 2.45) is 5.73 Å². The fourth-order valence-corrected chi connectivity index (χ4v) is 1.68. The van der Waals surface area contributed by atoms with Crippen molar-refractivity contribution in [1.82, 2.24) is 4.90 Å². The number of likely N-dealkylation sites (N-methyl/N-ethyl adjacent to an activating group) is 1. The van der Waals surface area contributed by atoms with Gasteiger partial charge in [-0.05, 0) is 12.0 Å². The molecule has 2 N–H and O–H groups in total. The Morgan fingerprint density at radius 3 is 2.53 bits per heavy atom. The molecule has 5 heteroatoms. The van der Waals surface area contributed by atoms with Crippen LogP contribution in [0.5, 0.6) is 0 Å². The third-order valence-corrected chi connectivity index (χ3v) is 3.00. The summed E-state index contributed by atoms with van der Waals surface area (Å²) in [5.74, 6) is 0.0724. The molecule has 0 aliphatic heterocycles.